The van der Waals surface area contributed by atoms with Crippen LogP contribution in [0.4, 0.5) is 0 Å². The van der Waals surface area contributed by atoms with Crippen LogP contribution in [0.2, 0.25) is 0 Å². The first-order valence-electron chi connectivity index (χ1n) is 10.2. The van der Waals surface area contributed by atoms with Crippen LogP contribution in [0, 0.1) is 71.0 Å². The molecule has 8 fully saturated rings. The quantitative estimate of drug-likeness (QED) is 0.638. The Balaban J connectivity index is 1.41. The van der Waals surface area contributed by atoms with E-state index < -0.39 is 0 Å². The number of hydrogen-bond acceptors (Lipinski definition) is 4. The maximum atomic E-state index is 13.0. The fourth-order valence-electron chi connectivity index (χ4n) is 10.5. The zero-order valence-corrected chi connectivity index (χ0v) is 13.5. The molecule has 6 aliphatic carbocycles. The Labute approximate surface area is 140 Å². The minimum atomic E-state index is 0.132. The molecule has 0 spiro atoms. The highest BCUT2D eigenvalue weighted by atomic mass is 16.6. The fraction of sp³-hybridized carbons (Fsp3) is 0.900. The molecule has 0 aromatic heterocycles. The average molecular weight is 326 g/mol. The molecule has 24 heavy (non-hydrogen) atoms. The standard InChI is InChI=1S/C20H22O4/c21-19-17-11-5-1-3-7-9(5)13-15(11)16-12(18(13)20(22)23-7)6-2-4-8(24-19)10(6)14(16)17/h5-18H,1-4H2/t5-,6+,7-,8-,9-,10+,11-,12+,13+,14+,15+,16+,17+,18+/m0/s1. The van der Waals surface area contributed by atoms with Gasteiger partial charge in [-0.15, -0.1) is 0 Å². The van der Waals surface area contributed by atoms with E-state index in [-0.39, 0.29) is 36.0 Å². The highest BCUT2D eigenvalue weighted by Gasteiger charge is 2.82. The Morgan fingerprint density at radius 2 is 1.00 bits per heavy atom. The second kappa shape index (κ2) is 3.43. The van der Waals surface area contributed by atoms with Crippen molar-refractivity contribution in [1.29, 1.82) is 0 Å². The van der Waals surface area contributed by atoms with Crippen molar-refractivity contribution in [2.75, 3.05) is 0 Å². The number of fused-ring (bicyclic) bond motifs is 4. The molecule has 14 atom stereocenters. The van der Waals surface area contributed by atoms with Crippen molar-refractivity contribution >= 4 is 11.9 Å². The van der Waals surface area contributed by atoms with Crippen LogP contribution in [-0.2, 0) is 19.1 Å². The van der Waals surface area contributed by atoms with Crippen LogP contribution < -0.4 is 0 Å². The van der Waals surface area contributed by atoms with Gasteiger partial charge in [-0.1, -0.05) is 0 Å². The zero-order chi connectivity index (χ0) is 15.5. The normalized spacial score (nSPS) is 71.5. The zero-order valence-electron chi connectivity index (χ0n) is 13.5. The summed E-state index contributed by atoms with van der Waals surface area (Å²) in [6.07, 6.45) is 4.73. The molecule has 2 saturated heterocycles. The summed E-state index contributed by atoms with van der Waals surface area (Å²) in [5.74, 6) is 6.37. The molecule has 0 bridgehead atoms. The molecule has 126 valence electrons. The molecular formula is C20H22O4. The van der Waals surface area contributed by atoms with Gasteiger partial charge in [0.2, 0.25) is 0 Å². The van der Waals surface area contributed by atoms with Gasteiger partial charge >= 0.3 is 11.9 Å². The number of hydrogen-bond donors (Lipinski definition) is 0. The molecular weight excluding hydrogens is 304 g/mol. The fourth-order valence-corrected chi connectivity index (χ4v) is 10.5. The molecule has 4 nitrogen and oxygen atoms in total. The smallest absolute Gasteiger partial charge is 0.309 e. The second-order valence-corrected chi connectivity index (χ2v) is 10.1. The van der Waals surface area contributed by atoms with Gasteiger partial charge in [-0.25, -0.2) is 0 Å². The van der Waals surface area contributed by atoms with E-state index in [9.17, 15) is 9.59 Å². The lowest BCUT2D eigenvalue weighted by atomic mass is 9.70. The van der Waals surface area contributed by atoms with Crippen molar-refractivity contribution in [3.05, 3.63) is 0 Å². The van der Waals surface area contributed by atoms with E-state index in [0.29, 0.717) is 59.2 Å². The highest BCUT2D eigenvalue weighted by molar-refractivity contribution is 5.79. The molecule has 2 aliphatic heterocycles. The van der Waals surface area contributed by atoms with Gasteiger partial charge in [-0.05, 0) is 73.0 Å². The monoisotopic (exact) mass is 326 g/mol. The van der Waals surface area contributed by atoms with E-state index in [1.54, 1.807) is 0 Å². The molecule has 8 aliphatic rings. The van der Waals surface area contributed by atoms with Crippen LogP contribution >= 0.6 is 0 Å². The van der Waals surface area contributed by atoms with Gasteiger partial charge in [0.1, 0.15) is 12.2 Å². The molecule has 0 aromatic rings. The second-order valence-electron chi connectivity index (χ2n) is 10.1. The van der Waals surface area contributed by atoms with Gasteiger partial charge in [0.15, 0.2) is 0 Å². The van der Waals surface area contributed by atoms with Crippen LogP contribution in [0.5, 0.6) is 0 Å². The summed E-state index contributed by atoms with van der Waals surface area (Å²) in [7, 11) is 0. The predicted octanol–water partition coefficient (Wildman–Crippen LogP) is 1.87. The molecule has 8 rings (SSSR count). The predicted molar refractivity (Wildman–Crippen MR) is 80.1 cm³/mol. The topological polar surface area (TPSA) is 52.6 Å². The lowest BCUT2D eigenvalue weighted by Gasteiger charge is -2.40. The van der Waals surface area contributed by atoms with Crippen molar-refractivity contribution in [2.24, 2.45) is 71.0 Å². The summed E-state index contributed by atoms with van der Waals surface area (Å²) >= 11 is 0. The van der Waals surface area contributed by atoms with Crippen LogP contribution in [0.1, 0.15) is 25.7 Å². The Kier molecular flexibility index (Phi) is 1.76. The van der Waals surface area contributed by atoms with Gasteiger partial charge in [-0.2, -0.15) is 0 Å². The Morgan fingerprint density at radius 1 is 0.542 bits per heavy atom. The molecule has 0 amide bonds. The summed E-state index contributed by atoms with van der Waals surface area (Å²) < 4.78 is 12.0. The van der Waals surface area contributed by atoms with Crippen LogP contribution in [-0.4, -0.2) is 24.1 Å². The van der Waals surface area contributed by atoms with Crippen molar-refractivity contribution in [3.63, 3.8) is 0 Å². The number of carbonyl (C=O) groups is 2. The third kappa shape index (κ3) is 0.964. The van der Waals surface area contributed by atoms with Crippen LogP contribution in [0.3, 0.4) is 0 Å². The molecule has 0 unspecified atom stereocenters. The first-order valence-corrected chi connectivity index (χ1v) is 10.2. The van der Waals surface area contributed by atoms with E-state index >= 15 is 0 Å². The third-order valence-corrected chi connectivity index (χ3v) is 10.3. The summed E-state index contributed by atoms with van der Waals surface area (Å²) in [6.45, 7) is 0. The van der Waals surface area contributed by atoms with Crippen molar-refractivity contribution in [3.8, 4) is 0 Å². The third-order valence-electron chi connectivity index (χ3n) is 10.3. The Morgan fingerprint density at radius 3 is 1.46 bits per heavy atom. The number of carbonyl (C=O) groups excluding carboxylic acids is 2. The van der Waals surface area contributed by atoms with Gasteiger partial charge in [0, 0.05) is 11.8 Å². The lowest BCUT2D eigenvalue weighted by Crippen LogP contribution is -2.46. The van der Waals surface area contributed by atoms with E-state index in [1.807, 2.05) is 0 Å². The molecule has 0 radical (unpaired) electrons. The SMILES string of the molecule is O=C1O[C@H]2CC[C@H]3[C@H]4[C@H]5C(=O)O[C@H]6CC[C@@H]7[C@@H]8[C@@H]1[C@@H]([C@@H]4[C@H]8[C@H]5[C@@H]76)[C@H]32. The molecule has 6 saturated carbocycles. The number of esters is 2. The van der Waals surface area contributed by atoms with Crippen LogP contribution in [0.15, 0.2) is 0 Å². The Bertz CT molecular complexity index is 656. The van der Waals surface area contributed by atoms with Gasteiger partial charge in [0.05, 0.1) is 11.8 Å². The van der Waals surface area contributed by atoms with Crippen LogP contribution in [0.25, 0.3) is 0 Å². The van der Waals surface area contributed by atoms with E-state index in [1.165, 1.54) is 12.8 Å². The Hall–Kier alpha value is -1.06. The summed E-state index contributed by atoms with van der Waals surface area (Å²) in [5.41, 5.74) is 0. The maximum Gasteiger partial charge on any atom is 0.309 e. The van der Waals surface area contributed by atoms with Gasteiger partial charge < -0.3 is 9.47 Å². The minimum absolute atomic E-state index is 0.132. The first-order chi connectivity index (χ1) is 11.8. The number of ether oxygens (including phenoxy) is 2. The number of rotatable bonds is 0. The molecule has 4 heteroatoms. The van der Waals surface area contributed by atoms with Gasteiger partial charge in [0.25, 0.3) is 0 Å². The van der Waals surface area contributed by atoms with Crippen molar-refractivity contribution in [2.45, 2.75) is 37.9 Å². The van der Waals surface area contributed by atoms with E-state index in [2.05, 4.69) is 0 Å². The molecule has 0 aromatic carbocycles. The van der Waals surface area contributed by atoms with E-state index in [4.69, 9.17) is 9.47 Å². The van der Waals surface area contributed by atoms with E-state index in [0.717, 1.165) is 12.8 Å². The minimum Gasteiger partial charge on any atom is -0.462 e. The summed E-state index contributed by atoms with van der Waals surface area (Å²) in [5, 5.41) is 0. The molecule has 0 N–H and O–H groups in total. The highest BCUT2D eigenvalue weighted by Crippen LogP contribution is 2.81. The van der Waals surface area contributed by atoms with Crippen molar-refractivity contribution in [1.82, 2.24) is 0 Å². The summed E-state index contributed by atoms with van der Waals surface area (Å²) in [4.78, 5) is 25.9. The first kappa shape index (κ1) is 12.3. The average Bonchev–Trinajstić information content (AvgIpc) is 3.29. The summed E-state index contributed by atoms with van der Waals surface area (Å²) in [6, 6.07) is 0. The maximum absolute atomic E-state index is 13.0. The van der Waals surface area contributed by atoms with Crippen molar-refractivity contribution < 1.29 is 19.1 Å². The lowest BCUT2D eigenvalue weighted by molar-refractivity contribution is -0.175. The van der Waals surface area contributed by atoms with Gasteiger partial charge in [-0.3, -0.25) is 9.59 Å². The largest absolute Gasteiger partial charge is 0.462 e. The molecule has 2 heterocycles.